The Morgan fingerprint density at radius 1 is 1.33 bits per heavy atom. The van der Waals surface area contributed by atoms with Crippen molar-refractivity contribution in [1.82, 2.24) is 0 Å². The topological polar surface area (TPSA) is 21.6 Å². The highest BCUT2D eigenvalue weighted by molar-refractivity contribution is 6.42. The number of benzene rings is 1. The largest absolute Gasteiger partial charge is 0.399 e. The van der Waals surface area contributed by atoms with Gasteiger partial charge in [-0.1, -0.05) is 34.4 Å². The van der Waals surface area contributed by atoms with Gasteiger partial charge in [-0.3, -0.25) is 0 Å². The van der Waals surface area contributed by atoms with Gasteiger partial charge in [0.15, 0.2) is 0 Å². The van der Waals surface area contributed by atoms with E-state index in [0.29, 0.717) is 10.0 Å². The van der Waals surface area contributed by atoms with Crippen molar-refractivity contribution in [2.45, 2.75) is 0 Å². The summed E-state index contributed by atoms with van der Waals surface area (Å²) < 4.78 is 0. The maximum atomic E-state index is 5.76. The fraction of sp³-hybridized carbons (Fsp3) is 0.125. The molecule has 0 spiro atoms. The van der Waals surface area contributed by atoms with Gasteiger partial charge in [-0.2, -0.15) is 0 Å². The van der Waals surface area contributed by atoms with Gasteiger partial charge in [-0.15, -0.1) is 0 Å². The van der Waals surface area contributed by atoms with Crippen molar-refractivity contribution in [2.75, 3.05) is 7.11 Å². The van der Waals surface area contributed by atoms with Gasteiger partial charge in [0, 0.05) is 0 Å². The number of hydrogen-bond acceptors (Lipinski definition) is 2. The smallest absolute Gasteiger partial charge is 0.106 e. The summed E-state index contributed by atoms with van der Waals surface area (Å²) in [4.78, 5) is 4.51. The average molecular weight is 204 g/mol. The van der Waals surface area contributed by atoms with Crippen molar-refractivity contribution in [1.29, 1.82) is 0 Å². The Morgan fingerprint density at radius 2 is 2.08 bits per heavy atom. The SMILES string of the molecule is CON=Cc1ccc(Cl)c(Cl)c1. The molecular weight excluding hydrogens is 197 g/mol. The summed E-state index contributed by atoms with van der Waals surface area (Å²) >= 11 is 11.5. The lowest BCUT2D eigenvalue weighted by Crippen LogP contribution is -1.81. The molecule has 1 aromatic carbocycles. The highest BCUT2D eigenvalue weighted by Gasteiger charge is 1.96. The number of oxime groups is 1. The van der Waals surface area contributed by atoms with Crippen LogP contribution in [-0.2, 0) is 4.84 Å². The molecule has 4 heteroatoms. The third kappa shape index (κ3) is 2.40. The van der Waals surface area contributed by atoms with Crippen LogP contribution in [0.25, 0.3) is 0 Å². The van der Waals surface area contributed by atoms with Gasteiger partial charge in [-0.25, -0.2) is 0 Å². The Balaban J connectivity index is 2.89. The van der Waals surface area contributed by atoms with Gasteiger partial charge < -0.3 is 4.84 Å². The summed E-state index contributed by atoms with van der Waals surface area (Å²) in [5.41, 5.74) is 0.853. The minimum absolute atomic E-state index is 0.511. The van der Waals surface area contributed by atoms with Crippen molar-refractivity contribution in [3.05, 3.63) is 33.8 Å². The number of halogens is 2. The van der Waals surface area contributed by atoms with Crippen molar-refractivity contribution >= 4 is 29.4 Å². The molecule has 0 aromatic heterocycles. The first-order valence-corrected chi connectivity index (χ1v) is 4.01. The van der Waals surface area contributed by atoms with E-state index in [-0.39, 0.29) is 0 Å². The summed E-state index contributed by atoms with van der Waals surface area (Å²) in [7, 11) is 1.48. The van der Waals surface area contributed by atoms with E-state index in [1.54, 1.807) is 24.4 Å². The zero-order valence-corrected chi connectivity index (χ0v) is 7.93. The predicted molar refractivity (Wildman–Crippen MR) is 51.1 cm³/mol. The Labute approximate surface area is 80.7 Å². The van der Waals surface area contributed by atoms with Crippen LogP contribution in [0, 0.1) is 0 Å². The second-order valence-electron chi connectivity index (χ2n) is 2.09. The second kappa shape index (κ2) is 4.33. The first-order valence-electron chi connectivity index (χ1n) is 3.25. The molecule has 64 valence electrons. The molecule has 2 nitrogen and oxygen atoms in total. The molecule has 0 radical (unpaired) electrons. The molecule has 0 saturated carbocycles. The Bertz CT molecular complexity index is 299. The summed E-state index contributed by atoms with van der Waals surface area (Å²) in [5, 5.41) is 4.63. The van der Waals surface area contributed by atoms with Crippen molar-refractivity contribution in [3.8, 4) is 0 Å². The second-order valence-corrected chi connectivity index (χ2v) is 2.91. The van der Waals surface area contributed by atoms with Crippen LogP contribution in [0.5, 0.6) is 0 Å². The summed E-state index contributed by atoms with van der Waals surface area (Å²) in [6, 6.07) is 5.23. The molecule has 0 fully saturated rings. The third-order valence-electron chi connectivity index (χ3n) is 1.25. The monoisotopic (exact) mass is 203 g/mol. The van der Waals surface area contributed by atoms with Crippen LogP contribution in [0.15, 0.2) is 23.4 Å². The van der Waals surface area contributed by atoms with Crippen LogP contribution in [-0.4, -0.2) is 13.3 Å². The van der Waals surface area contributed by atoms with Crippen LogP contribution in [0.2, 0.25) is 10.0 Å². The average Bonchev–Trinajstić information content (AvgIpc) is 2.07. The Hall–Kier alpha value is -0.730. The number of hydrogen-bond donors (Lipinski definition) is 0. The summed E-state index contributed by atoms with van der Waals surface area (Å²) in [6.45, 7) is 0. The fourth-order valence-corrected chi connectivity index (χ4v) is 1.01. The first kappa shape index (κ1) is 9.36. The van der Waals surface area contributed by atoms with E-state index >= 15 is 0 Å². The van der Waals surface area contributed by atoms with E-state index in [0.717, 1.165) is 5.56 Å². The minimum Gasteiger partial charge on any atom is -0.399 e. The maximum Gasteiger partial charge on any atom is 0.106 e. The van der Waals surface area contributed by atoms with E-state index in [1.807, 2.05) is 0 Å². The van der Waals surface area contributed by atoms with Crippen LogP contribution in [0.4, 0.5) is 0 Å². The molecule has 0 unspecified atom stereocenters. The molecule has 0 aliphatic carbocycles. The van der Waals surface area contributed by atoms with Crippen molar-refractivity contribution in [2.24, 2.45) is 5.16 Å². The highest BCUT2D eigenvalue weighted by atomic mass is 35.5. The molecular formula is C8H7Cl2NO. The van der Waals surface area contributed by atoms with Crippen LogP contribution >= 0.6 is 23.2 Å². The quantitative estimate of drug-likeness (QED) is 0.536. The molecule has 0 N–H and O–H groups in total. The number of rotatable bonds is 2. The normalized spacial score (nSPS) is 10.6. The van der Waals surface area contributed by atoms with Gasteiger partial charge in [0.25, 0.3) is 0 Å². The summed E-state index contributed by atoms with van der Waals surface area (Å²) in [5.74, 6) is 0. The van der Waals surface area contributed by atoms with Crippen molar-refractivity contribution < 1.29 is 4.84 Å². The third-order valence-corrected chi connectivity index (χ3v) is 1.99. The van der Waals surface area contributed by atoms with E-state index in [1.165, 1.54) is 7.11 Å². The van der Waals surface area contributed by atoms with Gasteiger partial charge in [0.1, 0.15) is 7.11 Å². The molecule has 0 heterocycles. The molecule has 0 aliphatic heterocycles. The molecule has 12 heavy (non-hydrogen) atoms. The molecule has 0 amide bonds. The lowest BCUT2D eigenvalue weighted by molar-refractivity contribution is 0.215. The number of nitrogens with zero attached hydrogens (tertiary/aromatic N) is 1. The van der Waals surface area contributed by atoms with Crippen LogP contribution < -0.4 is 0 Å². The minimum atomic E-state index is 0.511. The van der Waals surface area contributed by atoms with E-state index in [2.05, 4.69) is 9.99 Å². The zero-order valence-electron chi connectivity index (χ0n) is 6.42. The van der Waals surface area contributed by atoms with E-state index in [9.17, 15) is 0 Å². The molecule has 0 saturated heterocycles. The first-order chi connectivity index (χ1) is 5.74. The van der Waals surface area contributed by atoms with Gasteiger partial charge in [-0.05, 0) is 17.7 Å². The van der Waals surface area contributed by atoms with Crippen molar-refractivity contribution in [3.63, 3.8) is 0 Å². The summed E-state index contributed by atoms with van der Waals surface area (Å²) in [6.07, 6.45) is 1.56. The lowest BCUT2D eigenvalue weighted by atomic mass is 10.2. The lowest BCUT2D eigenvalue weighted by Gasteiger charge is -1.95. The van der Waals surface area contributed by atoms with Gasteiger partial charge >= 0.3 is 0 Å². The molecule has 1 aromatic rings. The van der Waals surface area contributed by atoms with Gasteiger partial charge in [0.2, 0.25) is 0 Å². The van der Waals surface area contributed by atoms with Gasteiger partial charge in [0.05, 0.1) is 16.3 Å². The Kier molecular flexibility index (Phi) is 3.38. The predicted octanol–water partition coefficient (Wildman–Crippen LogP) is 2.97. The fourth-order valence-electron chi connectivity index (χ4n) is 0.706. The molecule has 0 bridgehead atoms. The van der Waals surface area contributed by atoms with E-state index < -0.39 is 0 Å². The molecule has 0 aliphatic rings. The maximum absolute atomic E-state index is 5.76. The zero-order chi connectivity index (χ0) is 8.97. The Morgan fingerprint density at radius 3 is 2.67 bits per heavy atom. The molecule has 0 atom stereocenters. The molecule has 1 rings (SSSR count). The standard InChI is InChI=1S/C8H7Cl2NO/c1-12-11-5-6-2-3-7(9)8(10)4-6/h2-5H,1H3. The van der Waals surface area contributed by atoms with Crippen LogP contribution in [0.1, 0.15) is 5.56 Å². The van der Waals surface area contributed by atoms with E-state index in [4.69, 9.17) is 23.2 Å². The highest BCUT2D eigenvalue weighted by Crippen LogP contribution is 2.21. The van der Waals surface area contributed by atoms with Crippen LogP contribution in [0.3, 0.4) is 0 Å².